The molecule has 1 amide bonds. The molecule has 0 aliphatic carbocycles. The zero-order valence-electron chi connectivity index (χ0n) is 10.7. The smallest absolute Gasteiger partial charge is 0.387 e. The molecule has 20 heavy (non-hydrogen) atoms. The number of methoxy groups -OCH3 is 1. The normalized spacial score (nSPS) is 12.3. The Hall–Kier alpha value is -1.25. The first-order valence-corrected chi connectivity index (χ1v) is 6.48. The summed E-state index contributed by atoms with van der Waals surface area (Å²) in [4.78, 5) is 11.6. The van der Waals surface area contributed by atoms with E-state index in [1.165, 1.54) is 13.2 Å². The second-order valence-corrected chi connectivity index (χ2v) is 4.83. The highest BCUT2D eigenvalue weighted by molar-refractivity contribution is 9.10. The van der Waals surface area contributed by atoms with Crippen LogP contribution in [0, 0.1) is 0 Å². The van der Waals surface area contributed by atoms with Crippen molar-refractivity contribution in [3.8, 4) is 5.75 Å². The van der Waals surface area contributed by atoms with Crippen molar-refractivity contribution in [1.29, 1.82) is 0 Å². The number of rotatable bonds is 7. The van der Waals surface area contributed by atoms with Crippen LogP contribution in [0.25, 0.3) is 0 Å². The van der Waals surface area contributed by atoms with Crippen molar-refractivity contribution in [3.63, 3.8) is 0 Å². The highest BCUT2D eigenvalue weighted by Crippen LogP contribution is 2.24. The molecule has 1 rings (SSSR count). The summed E-state index contributed by atoms with van der Waals surface area (Å²) in [5.74, 6) is -0.432. The number of nitrogens with one attached hydrogen (secondary N) is 1. The van der Waals surface area contributed by atoms with Crippen LogP contribution in [0.2, 0.25) is 0 Å². The molecular formula is C12H15BrF2N2O3. The van der Waals surface area contributed by atoms with Gasteiger partial charge in [-0.15, -0.1) is 0 Å². The molecule has 0 saturated carbocycles. The van der Waals surface area contributed by atoms with E-state index in [4.69, 9.17) is 10.5 Å². The van der Waals surface area contributed by atoms with Crippen molar-refractivity contribution in [2.24, 2.45) is 5.73 Å². The fourth-order valence-corrected chi connectivity index (χ4v) is 1.87. The first-order valence-electron chi connectivity index (χ1n) is 5.69. The molecule has 1 unspecified atom stereocenters. The molecule has 0 heterocycles. The van der Waals surface area contributed by atoms with Gasteiger partial charge in [-0.3, -0.25) is 4.79 Å². The van der Waals surface area contributed by atoms with E-state index in [1.54, 1.807) is 12.1 Å². The van der Waals surface area contributed by atoms with Crippen molar-refractivity contribution in [2.75, 3.05) is 13.7 Å². The summed E-state index contributed by atoms with van der Waals surface area (Å²) in [6.07, 6.45) is 0. The van der Waals surface area contributed by atoms with Crippen LogP contribution >= 0.6 is 15.9 Å². The van der Waals surface area contributed by atoms with Crippen LogP contribution < -0.4 is 15.8 Å². The molecule has 0 radical (unpaired) electrons. The lowest BCUT2D eigenvalue weighted by molar-refractivity contribution is -0.123. The number of carbonyl (C=O) groups excluding carboxylic acids is 1. The van der Waals surface area contributed by atoms with Crippen molar-refractivity contribution >= 4 is 21.8 Å². The van der Waals surface area contributed by atoms with E-state index >= 15 is 0 Å². The highest BCUT2D eigenvalue weighted by Gasteiger charge is 2.15. The second-order valence-electron chi connectivity index (χ2n) is 3.91. The van der Waals surface area contributed by atoms with E-state index in [1.807, 2.05) is 0 Å². The van der Waals surface area contributed by atoms with E-state index in [9.17, 15) is 13.6 Å². The van der Waals surface area contributed by atoms with E-state index in [-0.39, 0.29) is 18.9 Å². The van der Waals surface area contributed by atoms with Gasteiger partial charge >= 0.3 is 6.61 Å². The molecule has 112 valence electrons. The Balaban J connectivity index is 2.70. The van der Waals surface area contributed by atoms with Gasteiger partial charge in [0.1, 0.15) is 11.8 Å². The molecular weight excluding hydrogens is 338 g/mol. The SMILES string of the molecule is COCC(N)C(=O)NCc1cc(Br)ccc1OC(F)F. The molecule has 0 aliphatic heterocycles. The monoisotopic (exact) mass is 352 g/mol. The Morgan fingerprint density at radius 1 is 1.50 bits per heavy atom. The molecule has 0 bridgehead atoms. The van der Waals surface area contributed by atoms with Crippen molar-refractivity contribution < 1.29 is 23.0 Å². The minimum absolute atomic E-state index is 0.00353. The van der Waals surface area contributed by atoms with Gasteiger partial charge in [0, 0.05) is 23.7 Å². The third kappa shape index (κ3) is 5.40. The Kier molecular flexibility index (Phi) is 6.83. The Morgan fingerprint density at radius 2 is 2.20 bits per heavy atom. The number of ether oxygens (including phenoxy) is 2. The van der Waals surface area contributed by atoms with Gasteiger partial charge < -0.3 is 20.5 Å². The average molecular weight is 353 g/mol. The van der Waals surface area contributed by atoms with Gasteiger partial charge in [-0.1, -0.05) is 15.9 Å². The summed E-state index contributed by atoms with van der Waals surface area (Å²) >= 11 is 3.22. The molecule has 1 atom stereocenters. The number of carbonyl (C=O) groups is 1. The molecule has 1 aromatic carbocycles. The van der Waals surface area contributed by atoms with E-state index in [2.05, 4.69) is 26.0 Å². The quantitative estimate of drug-likeness (QED) is 0.782. The summed E-state index contributed by atoms with van der Waals surface area (Å²) in [5.41, 5.74) is 5.96. The minimum Gasteiger partial charge on any atom is -0.434 e. The fraction of sp³-hybridized carbons (Fsp3) is 0.417. The Labute approximate surface area is 123 Å². The number of hydrogen-bond donors (Lipinski definition) is 2. The lowest BCUT2D eigenvalue weighted by atomic mass is 10.2. The number of hydrogen-bond acceptors (Lipinski definition) is 4. The standard InChI is InChI=1S/C12H15BrF2N2O3/c1-19-6-9(16)11(18)17-5-7-4-8(13)2-3-10(7)20-12(14)15/h2-4,9,12H,5-6,16H2,1H3,(H,17,18). The summed E-state index contributed by atoms with van der Waals surface area (Å²) in [5, 5.41) is 2.53. The Bertz CT molecular complexity index is 460. The summed E-state index contributed by atoms with van der Waals surface area (Å²) in [6.45, 7) is -2.83. The third-order valence-electron chi connectivity index (χ3n) is 2.37. The van der Waals surface area contributed by atoms with Gasteiger partial charge in [-0.25, -0.2) is 0 Å². The van der Waals surface area contributed by atoms with Crippen molar-refractivity contribution in [2.45, 2.75) is 19.2 Å². The van der Waals surface area contributed by atoms with Gasteiger partial charge in [-0.2, -0.15) is 8.78 Å². The zero-order valence-corrected chi connectivity index (χ0v) is 12.3. The van der Waals surface area contributed by atoms with E-state index < -0.39 is 18.6 Å². The number of benzene rings is 1. The number of alkyl halides is 2. The maximum atomic E-state index is 12.3. The van der Waals surface area contributed by atoms with Crippen LogP contribution in [0.4, 0.5) is 8.78 Å². The maximum Gasteiger partial charge on any atom is 0.387 e. The van der Waals surface area contributed by atoms with Gasteiger partial charge in [0.2, 0.25) is 5.91 Å². The predicted molar refractivity (Wildman–Crippen MR) is 72.5 cm³/mol. The van der Waals surface area contributed by atoms with E-state index in [0.29, 0.717) is 10.0 Å². The maximum absolute atomic E-state index is 12.3. The summed E-state index contributed by atoms with van der Waals surface area (Å²) < 4.78 is 34.4. The molecule has 0 aromatic heterocycles. The molecule has 5 nitrogen and oxygen atoms in total. The first-order chi connectivity index (χ1) is 9.43. The lowest BCUT2D eigenvalue weighted by Gasteiger charge is -2.14. The van der Waals surface area contributed by atoms with E-state index in [0.717, 1.165) is 0 Å². The van der Waals surface area contributed by atoms with Gasteiger partial charge in [0.15, 0.2) is 0 Å². The second kappa shape index (κ2) is 8.13. The Morgan fingerprint density at radius 3 is 2.80 bits per heavy atom. The van der Waals surface area contributed by atoms with Crippen LogP contribution in [-0.2, 0) is 16.1 Å². The molecule has 0 fully saturated rings. The predicted octanol–water partition coefficient (Wildman–Crippen LogP) is 1.64. The minimum atomic E-state index is -2.93. The molecule has 0 saturated heterocycles. The fourth-order valence-electron chi connectivity index (χ4n) is 1.47. The molecule has 3 N–H and O–H groups in total. The molecule has 8 heteroatoms. The number of halogens is 3. The van der Waals surface area contributed by atoms with Gasteiger partial charge in [0.05, 0.1) is 6.61 Å². The largest absolute Gasteiger partial charge is 0.434 e. The average Bonchev–Trinajstić information content (AvgIpc) is 2.38. The van der Waals surface area contributed by atoms with Crippen LogP contribution in [-0.4, -0.2) is 32.3 Å². The molecule has 0 spiro atoms. The third-order valence-corrected chi connectivity index (χ3v) is 2.87. The van der Waals surface area contributed by atoms with Crippen molar-refractivity contribution in [1.82, 2.24) is 5.32 Å². The first kappa shape index (κ1) is 16.8. The van der Waals surface area contributed by atoms with Crippen LogP contribution in [0.1, 0.15) is 5.56 Å². The molecule has 0 aliphatic rings. The lowest BCUT2D eigenvalue weighted by Crippen LogP contribution is -2.43. The van der Waals surface area contributed by atoms with Crippen LogP contribution in [0.5, 0.6) is 5.75 Å². The van der Waals surface area contributed by atoms with Crippen LogP contribution in [0.15, 0.2) is 22.7 Å². The van der Waals surface area contributed by atoms with Gasteiger partial charge in [0.25, 0.3) is 0 Å². The topological polar surface area (TPSA) is 73.6 Å². The summed E-state index contributed by atoms with van der Waals surface area (Å²) in [6, 6.07) is 3.73. The van der Waals surface area contributed by atoms with Crippen LogP contribution in [0.3, 0.4) is 0 Å². The highest BCUT2D eigenvalue weighted by atomic mass is 79.9. The molecule has 1 aromatic rings. The van der Waals surface area contributed by atoms with Gasteiger partial charge in [-0.05, 0) is 18.2 Å². The number of amides is 1. The summed E-state index contributed by atoms with van der Waals surface area (Å²) in [7, 11) is 1.43. The zero-order chi connectivity index (χ0) is 15.1. The number of nitrogens with two attached hydrogens (primary N) is 1. The van der Waals surface area contributed by atoms with Crippen molar-refractivity contribution in [3.05, 3.63) is 28.2 Å².